The number of ether oxygens (including phenoxy) is 1. The molecule has 6 nitrogen and oxygen atoms in total. The second-order valence-electron chi connectivity index (χ2n) is 6.63. The predicted molar refractivity (Wildman–Crippen MR) is 110 cm³/mol. The molecule has 0 radical (unpaired) electrons. The molecule has 0 saturated heterocycles. The third-order valence-electron chi connectivity index (χ3n) is 4.48. The van der Waals surface area contributed by atoms with Gasteiger partial charge in [-0.1, -0.05) is 37.6 Å². The number of carbonyl (C=O) groups is 1. The number of nitrogens with one attached hydrogen (secondary N) is 1. The molecule has 0 unspecified atom stereocenters. The summed E-state index contributed by atoms with van der Waals surface area (Å²) in [5.41, 5.74) is 1.65. The van der Waals surface area contributed by atoms with Crippen molar-refractivity contribution in [2.24, 2.45) is 0 Å². The molecular weight excluding hydrogens is 354 g/mol. The molecule has 28 heavy (non-hydrogen) atoms. The smallest absolute Gasteiger partial charge is 0.241 e. The first-order valence-corrected chi connectivity index (χ1v) is 9.60. The van der Waals surface area contributed by atoms with Crippen LogP contribution in [0.4, 0.5) is 0 Å². The van der Waals surface area contributed by atoms with E-state index in [1.54, 1.807) is 22.9 Å². The van der Waals surface area contributed by atoms with Crippen LogP contribution in [0.25, 0.3) is 10.9 Å². The standard InChI is InChI=1S/C22H25N3O3/c1-2-3-14-28-18-10-8-17(9-11-18)12-13-23-22(27)16-25-20-7-5-4-6-19(20)21(26)15-24-25/h4-11,15H,2-3,12-14,16H2,1H3,(H,23,27). The molecule has 0 aliphatic heterocycles. The van der Waals surface area contributed by atoms with Crippen LogP contribution in [0.15, 0.2) is 59.5 Å². The van der Waals surface area contributed by atoms with Gasteiger partial charge in [0.25, 0.3) is 0 Å². The minimum atomic E-state index is -0.144. The third-order valence-corrected chi connectivity index (χ3v) is 4.48. The largest absolute Gasteiger partial charge is 0.494 e. The molecular formula is C22H25N3O3. The Kier molecular flexibility index (Phi) is 6.78. The number of rotatable bonds is 9. The average Bonchev–Trinajstić information content (AvgIpc) is 2.72. The molecule has 2 aromatic carbocycles. The van der Waals surface area contributed by atoms with Gasteiger partial charge in [0.15, 0.2) is 0 Å². The van der Waals surface area contributed by atoms with E-state index in [1.165, 1.54) is 6.20 Å². The number of carbonyl (C=O) groups excluding carboxylic acids is 1. The van der Waals surface area contributed by atoms with Gasteiger partial charge in [0.2, 0.25) is 11.3 Å². The number of benzene rings is 2. The highest BCUT2D eigenvalue weighted by atomic mass is 16.5. The molecule has 0 fully saturated rings. The van der Waals surface area contributed by atoms with E-state index in [2.05, 4.69) is 17.3 Å². The maximum atomic E-state index is 12.3. The molecule has 6 heteroatoms. The van der Waals surface area contributed by atoms with Crippen molar-refractivity contribution >= 4 is 16.8 Å². The lowest BCUT2D eigenvalue weighted by molar-refractivity contribution is -0.121. The van der Waals surface area contributed by atoms with Crippen molar-refractivity contribution in [2.45, 2.75) is 32.7 Å². The molecule has 1 N–H and O–H groups in total. The molecule has 0 aliphatic carbocycles. The number of hydrogen-bond donors (Lipinski definition) is 1. The van der Waals surface area contributed by atoms with Gasteiger partial charge in [-0.3, -0.25) is 14.3 Å². The van der Waals surface area contributed by atoms with Gasteiger partial charge in [0.05, 0.1) is 18.3 Å². The Morgan fingerprint density at radius 2 is 1.93 bits per heavy atom. The first-order valence-electron chi connectivity index (χ1n) is 9.60. The Balaban J connectivity index is 1.50. The quantitative estimate of drug-likeness (QED) is 0.580. The molecule has 0 saturated carbocycles. The van der Waals surface area contributed by atoms with Gasteiger partial charge >= 0.3 is 0 Å². The van der Waals surface area contributed by atoms with E-state index in [-0.39, 0.29) is 17.9 Å². The number of para-hydroxylation sites is 1. The van der Waals surface area contributed by atoms with Crippen molar-refractivity contribution in [3.63, 3.8) is 0 Å². The Bertz CT molecular complexity index is 980. The molecule has 3 rings (SSSR count). The summed E-state index contributed by atoms with van der Waals surface area (Å²) in [6.07, 6.45) is 4.15. The van der Waals surface area contributed by atoms with Gasteiger partial charge in [0.1, 0.15) is 12.3 Å². The Labute approximate surface area is 164 Å². The monoisotopic (exact) mass is 379 g/mol. The molecule has 1 amide bonds. The maximum absolute atomic E-state index is 12.3. The second kappa shape index (κ2) is 9.69. The summed E-state index contributed by atoms with van der Waals surface area (Å²) in [7, 11) is 0. The fourth-order valence-electron chi connectivity index (χ4n) is 2.91. The lowest BCUT2D eigenvalue weighted by atomic mass is 10.1. The van der Waals surface area contributed by atoms with E-state index in [0.717, 1.165) is 37.2 Å². The van der Waals surface area contributed by atoms with Crippen molar-refractivity contribution in [1.82, 2.24) is 15.1 Å². The number of unbranched alkanes of at least 4 members (excludes halogenated alkanes) is 1. The van der Waals surface area contributed by atoms with Crippen molar-refractivity contribution in [3.8, 4) is 5.75 Å². The fraction of sp³-hybridized carbons (Fsp3) is 0.318. The van der Waals surface area contributed by atoms with E-state index in [1.807, 2.05) is 30.3 Å². The third kappa shape index (κ3) is 5.19. The molecule has 3 aromatic rings. The van der Waals surface area contributed by atoms with Gasteiger partial charge in [-0.2, -0.15) is 5.10 Å². The highest BCUT2D eigenvalue weighted by molar-refractivity contribution is 5.81. The van der Waals surface area contributed by atoms with E-state index in [9.17, 15) is 9.59 Å². The van der Waals surface area contributed by atoms with Gasteiger partial charge in [-0.05, 0) is 42.7 Å². The molecule has 0 aliphatic rings. The summed E-state index contributed by atoms with van der Waals surface area (Å²) < 4.78 is 7.20. The van der Waals surface area contributed by atoms with Gasteiger partial charge < -0.3 is 10.1 Å². The lowest BCUT2D eigenvalue weighted by Crippen LogP contribution is -2.30. The summed E-state index contributed by atoms with van der Waals surface area (Å²) in [5.74, 6) is 0.734. The number of nitrogens with zero attached hydrogens (tertiary/aromatic N) is 2. The first kappa shape index (κ1) is 19.6. The topological polar surface area (TPSA) is 73.2 Å². The van der Waals surface area contributed by atoms with E-state index < -0.39 is 0 Å². The van der Waals surface area contributed by atoms with Crippen LogP contribution < -0.4 is 15.5 Å². The Morgan fingerprint density at radius 3 is 2.71 bits per heavy atom. The SMILES string of the molecule is CCCCOc1ccc(CCNC(=O)Cn2ncc(=O)c3ccccc32)cc1. The fourth-order valence-corrected chi connectivity index (χ4v) is 2.91. The highest BCUT2D eigenvalue weighted by Crippen LogP contribution is 2.13. The maximum Gasteiger partial charge on any atom is 0.241 e. The predicted octanol–water partition coefficient (Wildman–Crippen LogP) is 2.93. The van der Waals surface area contributed by atoms with Crippen LogP contribution in [0.1, 0.15) is 25.3 Å². The lowest BCUT2D eigenvalue weighted by Gasteiger charge is -2.10. The Morgan fingerprint density at radius 1 is 1.14 bits per heavy atom. The molecule has 1 aromatic heterocycles. The summed E-state index contributed by atoms with van der Waals surface area (Å²) in [6, 6.07) is 15.1. The number of amides is 1. The summed E-state index contributed by atoms with van der Waals surface area (Å²) in [5, 5.41) is 7.55. The summed E-state index contributed by atoms with van der Waals surface area (Å²) in [4.78, 5) is 24.1. The van der Waals surface area contributed by atoms with Crippen LogP contribution in [-0.4, -0.2) is 28.8 Å². The normalized spacial score (nSPS) is 10.8. The molecule has 0 spiro atoms. The average molecular weight is 379 g/mol. The van der Waals surface area contributed by atoms with Crippen molar-refractivity contribution in [3.05, 3.63) is 70.5 Å². The van der Waals surface area contributed by atoms with Gasteiger partial charge in [-0.25, -0.2) is 0 Å². The van der Waals surface area contributed by atoms with Crippen LogP contribution in [-0.2, 0) is 17.8 Å². The van der Waals surface area contributed by atoms with Crippen LogP contribution in [0, 0.1) is 0 Å². The van der Waals surface area contributed by atoms with E-state index in [4.69, 9.17) is 4.74 Å². The first-order chi connectivity index (χ1) is 13.7. The minimum absolute atomic E-state index is 0.0744. The number of aromatic nitrogens is 2. The van der Waals surface area contributed by atoms with E-state index in [0.29, 0.717) is 17.4 Å². The minimum Gasteiger partial charge on any atom is -0.494 e. The van der Waals surface area contributed by atoms with Crippen LogP contribution in [0.2, 0.25) is 0 Å². The zero-order valence-corrected chi connectivity index (χ0v) is 16.1. The molecule has 0 bridgehead atoms. The van der Waals surface area contributed by atoms with E-state index >= 15 is 0 Å². The molecule has 1 heterocycles. The zero-order valence-electron chi connectivity index (χ0n) is 16.1. The van der Waals surface area contributed by atoms with Gasteiger partial charge in [-0.15, -0.1) is 0 Å². The van der Waals surface area contributed by atoms with Crippen molar-refractivity contribution in [2.75, 3.05) is 13.2 Å². The highest BCUT2D eigenvalue weighted by Gasteiger charge is 2.07. The van der Waals surface area contributed by atoms with Crippen LogP contribution in [0.3, 0.4) is 0 Å². The van der Waals surface area contributed by atoms with Crippen molar-refractivity contribution < 1.29 is 9.53 Å². The van der Waals surface area contributed by atoms with Crippen molar-refractivity contribution in [1.29, 1.82) is 0 Å². The van der Waals surface area contributed by atoms with Gasteiger partial charge in [0, 0.05) is 11.9 Å². The number of fused-ring (bicyclic) bond motifs is 1. The number of hydrogen-bond acceptors (Lipinski definition) is 4. The van der Waals surface area contributed by atoms with Crippen LogP contribution in [0.5, 0.6) is 5.75 Å². The second-order valence-corrected chi connectivity index (χ2v) is 6.63. The molecule has 0 atom stereocenters. The zero-order chi connectivity index (χ0) is 19.8. The Hall–Kier alpha value is -3.15. The summed E-state index contributed by atoms with van der Waals surface area (Å²) >= 11 is 0. The molecule has 146 valence electrons. The van der Waals surface area contributed by atoms with Crippen LogP contribution >= 0.6 is 0 Å². The summed E-state index contributed by atoms with van der Waals surface area (Å²) in [6.45, 7) is 3.48.